The van der Waals surface area contributed by atoms with Crippen LogP contribution in [-0.4, -0.2) is 33.1 Å². The number of anilines is 1. The minimum Gasteiger partial charge on any atom is -0.350 e. The van der Waals surface area contributed by atoms with Crippen molar-refractivity contribution in [3.63, 3.8) is 0 Å². The van der Waals surface area contributed by atoms with Crippen LogP contribution < -0.4 is 4.90 Å². The standard InChI is InChI=1S/C12H13N5O3/c1-8-2-4-13-12(10(8)17(18)19)16-5-3-9(6-16)11-14-7-20-15-11/h2,4,7,9H,3,5-6H2,1H3. The van der Waals surface area contributed by atoms with Crippen LogP contribution in [0.25, 0.3) is 0 Å². The SMILES string of the molecule is Cc1ccnc(N2CCC(c3ncon3)C2)c1[N+](=O)[O-]. The number of nitro groups is 1. The Morgan fingerprint density at radius 2 is 2.35 bits per heavy atom. The third-order valence-electron chi connectivity index (χ3n) is 3.52. The number of aryl methyl sites for hydroxylation is 1. The van der Waals surface area contributed by atoms with E-state index in [4.69, 9.17) is 4.52 Å². The average molecular weight is 275 g/mol. The van der Waals surface area contributed by atoms with Gasteiger partial charge in [-0.3, -0.25) is 10.1 Å². The number of pyridine rings is 1. The molecule has 0 aromatic carbocycles. The van der Waals surface area contributed by atoms with Gasteiger partial charge in [-0.1, -0.05) is 5.16 Å². The van der Waals surface area contributed by atoms with E-state index in [0.29, 0.717) is 30.3 Å². The molecule has 3 rings (SSSR count). The van der Waals surface area contributed by atoms with Crippen molar-refractivity contribution >= 4 is 11.5 Å². The second-order valence-electron chi connectivity index (χ2n) is 4.78. The molecule has 3 heterocycles. The summed E-state index contributed by atoms with van der Waals surface area (Å²) in [6.07, 6.45) is 3.72. The van der Waals surface area contributed by atoms with Gasteiger partial charge in [-0.25, -0.2) is 4.98 Å². The topological polar surface area (TPSA) is 98.2 Å². The third kappa shape index (κ3) is 2.09. The normalized spacial score (nSPS) is 18.4. The maximum atomic E-state index is 11.2. The fourth-order valence-electron chi connectivity index (χ4n) is 2.52. The zero-order valence-electron chi connectivity index (χ0n) is 10.9. The monoisotopic (exact) mass is 275 g/mol. The molecule has 0 radical (unpaired) electrons. The van der Waals surface area contributed by atoms with Gasteiger partial charge >= 0.3 is 5.69 Å². The van der Waals surface area contributed by atoms with E-state index in [9.17, 15) is 10.1 Å². The molecule has 0 amide bonds. The lowest BCUT2D eigenvalue weighted by atomic mass is 10.1. The Morgan fingerprint density at radius 3 is 3.05 bits per heavy atom. The number of aromatic nitrogens is 3. The van der Waals surface area contributed by atoms with Crippen LogP contribution in [0.3, 0.4) is 0 Å². The molecule has 1 unspecified atom stereocenters. The average Bonchev–Trinajstić information content (AvgIpc) is 3.09. The molecule has 20 heavy (non-hydrogen) atoms. The predicted octanol–water partition coefficient (Wildman–Crippen LogP) is 1.68. The molecule has 1 atom stereocenters. The molecule has 0 N–H and O–H groups in total. The van der Waals surface area contributed by atoms with Gasteiger partial charge in [-0.15, -0.1) is 0 Å². The molecule has 2 aromatic rings. The fraction of sp³-hybridized carbons (Fsp3) is 0.417. The number of hydrogen-bond acceptors (Lipinski definition) is 7. The van der Waals surface area contributed by atoms with E-state index in [1.54, 1.807) is 19.2 Å². The summed E-state index contributed by atoms with van der Waals surface area (Å²) in [5.41, 5.74) is 0.685. The van der Waals surface area contributed by atoms with E-state index in [0.717, 1.165) is 6.42 Å². The summed E-state index contributed by atoms with van der Waals surface area (Å²) >= 11 is 0. The molecule has 1 saturated heterocycles. The van der Waals surface area contributed by atoms with Crippen LogP contribution in [0.1, 0.15) is 23.7 Å². The Morgan fingerprint density at radius 1 is 1.50 bits per heavy atom. The second kappa shape index (κ2) is 4.87. The van der Waals surface area contributed by atoms with Gasteiger partial charge in [-0.2, -0.15) is 4.98 Å². The lowest BCUT2D eigenvalue weighted by Gasteiger charge is -2.17. The van der Waals surface area contributed by atoms with Crippen LogP contribution in [0.5, 0.6) is 0 Å². The van der Waals surface area contributed by atoms with Gasteiger partial charge < -0.3 is 9.42 Å². The summed E-state index contributed by atoms with van der Waals surface area (Å²) in [6, 6.07) is 1.65. The van der Waals surface area contributed by atoms with Crippen molar-refractivity contribution in [3.8, 4) is 0 Å². The lowest BCUT2D eigenvalue weighted by Crippen LogP contribution is -2.22. The van der Waals surface area contributed by atoms with Crippen LogP contribution >= 0.6 is 0 Å². The van der Waals surface area contributed by atoms with Crippen molar-refractivity contribution in [2.75, 3.05) is 18.0 Å². The highest BCUT2D eigenvalue weighted by atomic mass is 16.6. The van der Waals surface area contributed by atoms with E-state index in [1.807, 2.05) is 4.90 Å². The smallest absolute Gasteiger partial charge is 0.314 e. The van der Waals surface area contributed by atoms with Crippen molar-refractivity contribution in [2.45, 2.75) is 19.3 Å². The highest BCUT2D eigenvalue weighted by molar-refractivity contribution is 5.62. The molecular formula is C12H13N5O3. The zero-order valence-corrected chi connectivity index (χ0v) is 10.9. The molecule has 0 bridgehead atoms. The molecule has 0 saturated carbocycles. The number of hydrogen-bond donors (Lipinski definition) is 0. The van der Waals surface area contributed by atoms with Crippen LogP contribution in [-0.2, 0) is 0 Å². The Kier molecular flexibility index (Phi) is 3.05. The molecule has 1 aliphatic heterocycles. The van der Waals surface area contributed by atoms with Gasteiger partial charge in [0.15, 0.2) is 5.82 Å². The third-order valence-corrected chi connectivity index (χ3v) is 3.52. The first-order valence-corrected chi connectivity index (χ1v) is 6.28. The molecule has 0 spiro atoms. The highest BCUT2D eigenvalue weighted by Gasteiger charge is 2.32. The Balaban J connectivity index is 1.88. The summed E-state index contributed by atoms with van der Waals surface area (Å²) in [5.74, 6) is 1.18. The Hall–Kier alpha value is -2.51. The Labute approximate surface area is 114 Å². The lowest BCUT2D eigenvalue weighted by molar-refractivity contribution is -0.384. The minimum atomic E-state index is -0.376. The maximum absolute atomic E-state index is 11.2. The van der Waals surface area contributed by atoms with E-state index < -0.39 is 0 Å². The Bertz CT molecular complexity index is 628. The summed E-state index contributed by atoms with van der Waals surface area (Å²) in [5, 5.41) is 15.0. The quantitative estimate of drug-likeness (QED) is 0.620. The summed E-state index contributed by atoms with van der Waals surface area (Å²) in [4.78, 5) is 21.0. The first kappa shape index (κ1) is 12.5. The van der Waals surface area contributed by atoms with Crippen molar-refractivity contribution in [3.05, 3.63) is 40.2 Å². The zero-order chi connectivity index (χ0) is 14.1. The van der Waals surface area contributed by atoms with Crippen molar-refractivity contribution in [1.82, 2.24) is 15.1 Å². The maximum Gasteiger partial charge on any atom is 0.314 e. The molecule has 104 valence electrons. The molecule has 0 aliphatic carbocycles. The first-order chi connectivity index (χ1) is 9.66. The van der Waals surface area contributed by atoms with Crippen LogP contribution in [0.2, 0.25) is 0 Å². The van der Waals surface area contributed by atoms with E-state index in [-0.39, 0.29) is 16.5 Å². The van der Waals surface area contributed by atoms with Crippen LogP contribution in [0, 0.1) is 17.0 Å². The van der Waals surface area contributed by atoms with E-state index in [1.165, 1.54) is 6.39 Å². The predicted molar refractivity (Wildman–Crippen MR) is 69.5 cm³/mol. The van der Waals surface area contributed by atoms with Gasteiger partial charge in [0.05, 0.1) is 4.92 Å². The van der Waals surface area contributed by atoms with Gasteiger partial charge in [0, 0.05) is 30.8 Å². The van der Waals surface area contributed by atoms with Crippen LogP contribution in [0.15, 0.2) is 23.2 Å². The fourth-order valence-corrected chi connectivity index (χ4v) is 2.52. The number of rotatable bonds is 3. The first-order valence-electron chi connectivity index (χ1n) is 6.28. The molecule has 8 heteroatoms. The molecule has 1 aliphatic rings. The minimum absolute atomic E-state index is 0.0706. The molecular weight excluding hydrogens is 262 g/mol. The summed E-state index contributed by atoms with van der Waals surface area (Å²) in [7, 11) is 0. The van der Waals surface area contributed by atoms with Gasteiger partial charge in [0.1, 0.15) is 0 Å². The summed E-state index contributed by atoms with van der Waals surface area (Å²) in [6.45, 7) is 3.02. The van der Waals surface area contributed by atoms with Gasteiger partial charge in [-0.05, 0) is 19.4 Å². The van der Waals surface area contributed by atoms with E-state index in [2.05, 4.69) is 15.1 Å². The second-order valence-corrected chi connectivity index (χ2v) is 4.78. The highest BCUT2D eigenvalue weighted by Crippen LogP contribution is 2.34. The number of nitrogens with zero attached hydrogens (tertiary/aromatic N) is 5. The summed E-state index contributed by atoms with van der Waals surface area (Å²) < 4.78 is 4.75. The largest absolute Gasteiger partial charge is 0.350 e. The van der Waals surface area contributed by atoms with Crippen molar-refractivity contribution in [1.29, 1.82) is 0 Å². The van der Waals surface area contributed by atoms with Crippen LogP contribution in [0.4, 0.5) is 11.5 Å². The van der Waals surface area contributed by atoms with Gasteiger partial charge in [0.2, 0.25) is 12.2 Å². The molecule has 2 aromatic heterocycles. The van der Waals surface area contributed by atoms with Crippen molar-refractivity contribution in [2.24, 2.45) is 0 Å². The van der Waals surface area contributed by atoms with E-state index >= 15 is 0 Å². The molecule has 1 fully saturated rings. The molecule has 8 nitrogen and oxygen atoms in total. The van der Waals surface area contributed by atoms with Gasteiger partial charge in [0.25, 0.3) is 0 Å². The van der Waals surface area contributed by atoms with Crippen molar-refractivity contribution < 1.29 is 9.45 Å².